The summed E-state index contributed by atoms with van der Waals surface area (Å²) in [7, 11) is 0. The molecule has 2 atom stereocenters. The molecular weight excluding hydrogens is 337 g/mol. The summed E-state index contributed by atoms with van der Waals surface area (Å²) in [6.07, 6.45) is -4.29. The average molecular weight is 356 g/mol. The summed E-state index contributed by atoms with van der Waals surface area (Å²) >= 11 is 0. The number of ketones is 1. The van der Waals surface area contributed by atoms with Crippen molar-refractivity contribution in [2.75, 3.05) is 5.32 Å². The number of carbonyl (C=O) groups is 3. The van der Waals surface area contributed by atoms with Gasteiger partial charge in [0, 0.05) is 12.1 Å². The second kappa shape index (κ2) is 7.25. The Morgan fingerprint density at radius 1 is 1.20 bits per heavy atom. The molecule has 2 rings (SSSR count). The van der Waals surface area contributed by atoms with E-state index in [0.717, 1.165) is 24.3 Å². The molecule has 1 aromatic carbocycles. The zero-order valence-corrected chi connectivity index (χ0v) is 13.8. The van der Waals surface area contributed by atoms with Gasteiger partial charge in [-0.3, -0.25) is 14.4 Å². The van der Waals surface area contributed by atoms with Crippen LogP contribution in [-0.4, -0.2) is 23.6 Å². The summed E-state index contributed by atoms with van der Waals surface area (Å²) in [6, 6.07) is 3.36. The van der Waals surface area contributed by atoms with Gasteiger partial charge in [-0.05, 0) is 36.6 Å². The van der Waals surface area contributed by atoms with Crippen molar-refractivity contribution in [2.45, 2.75) is 38.9 Å². The number of anilines is 1. The van der Waals surface area contributed by atoms with Crippen LogP contribution in [-0.2, 0) is 20.6 Å². The van der Waals surface area contributed by atoms with Crippen molar-refractivity contribution in [1.82, 2.24) is 5.32 Å². The normalized spacial score (nSPS) is 20.7. The number of alkyl halides is 3. The number of hydrogen-bond acceptors (Lipinski definition) is 3. The zero-order valence-electron chi connectivity index (χ0n) is 13.8. The Morgan fingerprint density at radius 3 is 2.32 bits per heavy atom. The van der Waals surface area contributed by atoms with Gasteiger partial charge in [0.15, 0.2) is 5.78 Å². The topological polar surface area (TPSA) is 75.3 Å². The highest BCUT2D eigenvalue weighted by atomic mass is 19.4. The quantitative estimate of drug-likeness (QED) is 0.797. The SMILES string of the molecule is CC(C)CC1NC(=O)C(CC(=O)Nc2ccc(C(F)(F)F)cc2)C1=O. The van der Waals surface area contributed by atoms with Crippen LogP contribution >= 0.6 is 0 Å². The molecule has 2 N–H and O–H groups in total. The van der Waals surface area contributed by atoms with Gasteiger partial charge in [0.05, 0.1) is 11.6 Å². The predicted octanol–water partition coefficient (Wildman–Crippen LogP) is 2.76. The van der Waals surface area contributed by atoms with Crippen molar-refractivity contribution in [1.29, 1.82) is 0 Å². The van der Waals surface area contributed by atoms with Crippen molar-refractivity contribution < 1.29 is 27.6 Å². The molecule has 1 aliphatic heterocycles. The van der Waals surface area contributed by atoms with E-state index in [1.165, 1.54) is 0 Å². The first-order valence-corrected chi connectivity index (χ1v) is 7.89. The van der Waals surface area contributed by atoms with Crippen LogP contribution in [0.3, 0.4) is 0 Å². The molecule has 1 saturated heterocycles. The van der Waals surface area contributed by atoms with Crippen LogP contribution in [0.4, 0.5) is 18.9 Å². The van der Waals surface area contributed by atoms with Gasteiger partial charge >= 0.3 is 6.18 Å². The average Bonchev–Trinajstić information content (AvgIpc) is 2.74. The summed E-state index contributed by atoms with van der Waals surface area (Å²) in [6.45, 7) is 3.84. The van der Waals surface area contributed by atoms with Crippen molar-refractivity contribution in [3.05, 3.63) is 29.8 Å². The molecule has 0 bridgehead atoms. The van der Waals surface area contributed by atoms with Crippen LogP contribution in [0.25, 0.3) is 0 Å². The molecule has 0 saturated carbocycles. The molecule has 8 heteroatoms. The van der Waals surface area contributed by atoms with E-state index < -0.39 is 35.5 Å². The lowest BCUT2D eigenvalue weighted by molar-refractivity contribution is -0.137. The van der Waals surface area contributed by atoms with Gasteiger partial charge < -0.3 is 10.6 Å². The Bertz CT molecular complexity index is 669. The van der Waals surface area contributed by atoms with E-state index in [9.17, 15) is 27.6 Å². The molecule has 25 heavy (non-hydrogen) atoms. The minimum absolute atomic E-state index is 0.169. The predicted molar refractivity (Wildman–Crippen MR) is 84.6 cm³/mol. The fraction of sp³-hybridized carbons (Fsp3) is 0.471. The van der Waals surface area contributed by atoms with Crippen LogP contribution in [0.2, 0.25) is 0 Å². The van der Waals surface area contributed by atoms with Crippen LogP contribution in [0.5, 0.6) is 0 Å². The number of rotatable bonds is 5. The smallest absolute Gasteiger partial charge is 0.346 e. The van der Waals surface area contributed by atoms with E-state index in [1.807, 2.05) is 13.8 Å². The molecule has 0 radical (unpaired) electrons. The van der Waals surface area contributed by atoms with Gasteiger partial charge in [0.2, 0.25) is 11.8 Å². The highest BCUT2D eigenvalue weighted by Crippen LogP contribution is 2.30. The molecule has 1 aliphatic rings. The van der Waals surface area contributed by atoms with Crippen LogP contribution in [0, 0.1) is 11.8 Å². The molecule has 0 spiro atoms. The number of nitrogens with one attached hydrogen (secondary N) is 2. The van der Waals surface area contributed by atoms with E-state index in [2.05, 4.69) is 10.6 Å². The highest BCUT2D eigenvalue weighted by Gasteiger charge is 2.41. The van der Waals surface area contributed by atoms with Gasteiger partial charge in [-0.2, -0.15) is 13.2 Å². The van der Waals surface area contributed by atoms with E-state index in [1.54, 1.807) is 0 Å². The van der Waals surface area contributed by atoms with E-state index in [4.69, 9.17) is 0 Å². The largest absolute Gasteiger partial charge is 0.416 e. The molecule has 1 heterocycles. The molecular formula is C17H19F3N2O3. The Kier molecular flexibility index (Phi) is 5.49. The Morgan fingerprint density at radius 2 is 1.80 bits per heavy atom. The van der Waals surface area contributed by atoms with Crippen molar-refractivity contribution in [3.63, 3.8) is 0 Å². The fourth-order valence-corrected chi connectivity index (χ4v) is 2.70. The Hall–Kier alpha value is -2.38. The second-order valence-corrected chi connectivity index (χ2v) is 6.47. The fourth-order valence-electron chi connectivity index (χ4n) is 2.70. The third kappa shape index (κ3) is 4.80. The molecule has 136 valence electrons. The minimum atomic E-state index is -4.46. The van der Waals surface area contributed by atoms with E-state index >= 15 is 0 Å². The van der Waals surface area contributed by atoms with Gasteiger partial charge in [0.1, 0.15) is 5.92 Å². The van der Waals surface area contributed by atoms with Gasteiger partial charge in [0.25, 0.3) is 0 Å². The standard InChI is InChI=1S/C17H19F3N2O3/c1-9(2)7-13-15(24)12(16(25)22-13)8-14(23)21-11-5-3-10(4-6-11)17(18,19)20/h3-6,9,12-13H,7-8H2,1-2H3,(H,21,23)(H,22,25). The number of hydrogen-bond donors (Lipinski definition) is 2. The Labute approximate surface area is 143 Å². The molecule has 2 amide bonds. The lowest BCUT2D eigenvalue weighted by Crippen LogP contribution is -2.30. The maximum atomic E-state index is 12.5. The minimum Gasteiger partial charge on any atom is -0.346 e. The van der Waals surface area contributed by atoms with Gasteiger partial charge in [-0.25, -0.2) is 0 Å². The van der Waals surface area contributed by atoms with Crippen molar-refractivity contribution in [2.24, 2.45) is 11.8 Å². The molecule has 0 aliphatic carbocycles. The summed E-state index contributed by atoms with van der Waals surface area (Å²) in [4.78, 5) is 36.1. The molecule has 2 unspecified atom stereocenters. The second-order valence-electron chi connectivity index (χ2n) is 6.47. The van der Waals surface area contributed by atoms with Crippen LogP contribution < -0.4 is 10.6 Å². The summed E-state index contributed by atoms with van der Waals surface area (Å²) in [5.74, 6) is -2.25. The first kappa shape index (κ1) is 19.0. The summed E-state index contributed by atoms with van der Waals surface area (Å²) in [5.41, 5.74) is -0.657. The third-order valence-corrected chi connectivity index (χ3v) is 3.91. The maximum Gasteiger partial charge on any atom is 0.416 e. The first-order valence-electron chi connectivity index (χ1n) is 7.89. The number of amides is 2. The number of Topliss-reactive ketones (excluding diaryl/α,β-unsaturated/α-hetero) is 1. The number of benzene rings is 1. The maximum absolute atomic E-state index is 12.5. The van der Waals surface area contributed by atoms with Gasteiger partial charge in [-0.1, -0.05) is 13.8 Å². The first-order chi connectivity index (χ1) is 11.6. The lowest BCUT2D eigenvalue weighted by atomic mass is 9.94. The Balaban J connectivity index is 1.96. The molecule has 5 nitrogen and oxygen atoms in total. The lowest BCUT2D eigenvalue weighted by Gasteiger charge is -2.11. The zero-order chi connectivity index (χ0) is 18.8. The van der Waals surface area contributed by atoms with E-state index in [0.29, 0.717) is 6.42 Å². The van der Waals surface area contributed by atoms with E-state index in [-0.39, 0.29) is 23.8 Å². The number of halogens is 3. The highest BCUT2D eigenvalue weighted by molar-refractivity contribution is 6.13. The summed E-state index contributed by atoms with van der Waals surface area (Å²) < 4.78 is 37.5. The molecule has 1 aromatic rings. The monoisotopic (exact) mass is 356 g/mol. The van der Waals surface area contributed by atoms with Crippen molar-refractivity contribution >= 4 is 23.3 Å². The van der Waals surface area contributed by atoms with Gasteiger partial charge in [-0.15, -0.1) is 0 Å². The van der Waals surface area contributed by atoms with Crippen LogP contribution in [0.1, 0.15) is 32.3 Å². The third-order valence-electron chi connectivity index (χ3n) is 3.91. The number of carbonyl (C=O) groups excluding carboxylic acids is 3. The summed E-state index contributed by atoms with van der Waals surface area (Å²) in [5, 5.41) is 4.99. The molecule has 0 aromatic heterocycles. The van der Waals surface area contributed by atoms with Crippen molar-refractivity contribution in [3.8, 4) is 0 Å². The van der Waals surface area contributed by atoms with Crippen LogP contribution in [0.15, 0.2) is 24.3 Å². The molecule has 1 fully saturated rings.